The molecule has 1 amide bonds. The fraction of sp³-hybridized carbons (Fsp3) is 0.409. The highest BCUT2D eigenvalue weighted by atomic mass is 32.1. The van der Waals surface area contributed by atoms with Crippen LogP contribution in [0.3, 0.4) is 0 Å². The maximum absolute atomic E-state index is 12.8. The van der Waals surface area contributed by atoms with Crippen molar-refractivity contribution >= 4 is 22.9 Å². The second-order valence-electron chi connectivity index (χ2n) is 7.70. The van der Waals surface area contributed by atoms with E-state index in [0.717, 1.165) is 60.0 Å². The van der Waals surface area contributed by atoms with Crippen LogP contribution in [0.15, 0.2) is 30.3 Å². The average Bonchev–Trinajstić information content (AvgIpc) is 3.26. The maximum Gasteiger partial charge on any atom is 0.265 e. The Balaban J connectivity index is 1.38. The number of carbonyl (C=O) groups is 1. The van der Waals surface area contributed by atoms with Gasteiger partial charge in [0, 0.05) is 29.1 Å². The van der Waals surface area contributed by atoms with E-state index in [1.807, 2.05) is 24.3 Å². The fourth-order valence-electron chi connectivity index (χ4n) is 4.23. The van der Waals surface area contributed by atoms with Gasteiger partial charge in [-0.15, -0.1) is 21.5 Å². The third kappa shape index (κ3) is 3.37. The standard InChI is InChI=1S/C22H24N4OS/c27-22(19-14-15-7-3-4-10-18(15)28-19)23-17-9-6-8-16(13-17)21-25-24-20-11-2-1-5-12-26(20)21/h6,8-9,13-14H,1-5,7,10-12H2,(H,23,27). The molecule has 28 heavy (non-hydrogen) atoms. The number of nitrogens with one attached hydrogen (secondary N) is 1. The van der Waals surface area contributed by atoms with Crippen molar-refractivity contribution in [2.24, 2.45) is 0 Å². The molecule has 2 aliphatic rings. The van der Waals surface area contributed by atoms with Gasteiger partial charge in [-0.05, 0) is 62.3 Å². The third-order valence-corrected chi connectivity index (χ3v) is 6.94. The zero-order valence-electron chi connectivity index (χ0n) is 15.9. The molecular weight excluding hydrogens is 368 g/mol. The van der Waals surface area contributed by atoms with Crippen LogP contribution < -0.4 is 5.32 Å². The normalized spacial score (nSPS) is 16.1. The van der Waals surface area contributed by atoms with E-state index in [0.29, 0.717) is 0 Å². The molecule has 1 N–H and O–H groups in total. The summed E-state index contributed by atoms with van der Waals surface area (Å²) < 4.78 is 2.24. The van der Waals surface area contributed by atoms with Gasteiger partial charge >= 0.3 is 0 Å². The van der Waals surface area contributed by atoms with Crippen molar-refractivity contribution in [1.29, 1.82) is 0 Å². The number of aryl methyl sites for hydroxylation is 3. The molecule has 1 aliphatic heterocycles. The number of anilines is 1. The van der Waals surface area contributed by atoms with Crippen LogP contribution in [0, 0.1) is 0 Å². The molecule has 144 valence electrons. The quantitative estimate of drug-likeness (QED) is 0.692. The second-order valence-corrected chi connectivity index (χ2v) is 8.84. The number of aromatic nitrogens is 3. The first-order valence-corrected chi connectivity index (χ1v) is 11.0. The predicted molar refractivity (Wildman–Crippen MR) is 112 cm³/mol. The lowest BCUT2D eigenvalue weighted by atomic mass is 9.99. The lowest BCUT2D eigenvalue weighted by molar-refractivity contribution is 0.103. The lowest BCUT2D eigenvalue weighted by Crippen LogP contribution is -2.10. The van der Waals surface area contributed by atoms with Crippen LogP contribution in [-0.4, -0.2) is 20.7 Å². The number of hydrogen-bond acceptors (Lipinski definition) is 4. The summed E-state index contributed by atoms with van der Waals surface area (Å²) in [6.45, 7) is 0.967. The van der Waals surface area contributed by atoms with Gasteiger partial charge in [0.05, 0.1) is 4.88 Å². The molecule has 3 aromatic rings. The first-order chi connectivity index (χ1) is 13.8. The topological polar surface area (TPSA) is 59.8 Å². The molecule has 0 saturated heterocycles. The third-order valence-electron chi connectivity index (χ3n) is 5.71. The van der Waals surface area contributed by atoms with Gasteiger partial charge in [-0.25, -0.2) is 0 Å². The van der Waals surface area contributed by atoms with Gasteiger partial charge in [0.2, 0.25) is 0 Å². The minimum atomic E-state index is -0.0170. The minimum absolute atomic E-state index is 0.0170. The highest BCUT2D eigenvalue weighted by Crippen LogP contribution is 2.30. The molecule has 0 fully saturated rings. The summed E-state index contributed by atoms with van der Waals surface area (Å²) >= 11 is 1.65. The maximum atomic E-state index is 12.8. The fourth-order valence-corrected chi connectivity index (χ4v) is 5.38. The molecule has 5 nitrogen and oxygen atoms in total. The molecule has 0 unspecified atom stereocenters. The van der Waals surface area contributed by atoms with Crippen molar-refractivity contribution in [1.82, 2.24) is 14.8 Å². The van der Waals surface area contributed by atoms with E-state index in [1.54, 1.807) is 11.3 Å². The summed E-state index contributed by atoms with van der Waals surface area (Å²) in [6.07, 6.45) is 9.26. The summed E-state index contributed by atoms with van der Waals surface area (Å²) in [4.78, 5) is 15.0. The Morgan fingerprint density at radius 1 is 1.00 bits per heavy atom. The van der Waals surface area contributed by atoms with Crippen molar-refractivity contribution < 1.29 is 4.79 Å². The second kappa shape index (κ2) is 7.51. The van der Waals surface area contributed by atoms with Crippen LogP contribution >= 0.6 is 11.3 Å². The van der Waals surface area contributed by atoms with Gasteiger partial charge in [0.15, 0.2) is 5.82 Å². The van der Waals surface area contributed by atoms with Crippen molar-refractivity contribution in [3.05, 3.63) is 51.5 Å². The number of benzene rings is 1. The zero-order valence-corrected chi connectivity index (χ0v) is 16.7. The van der Waals surface area contributed by atoms with E-state index in [4.69, 9.17) is 0 Å². The Labute approximate surface area is 168 Å². The molecule has 0 saturated carbocycles. The number of rotatable bonds is 3. The van der Waals surface area contributed by atoms with E-state index in [1.165, 1.54) is 36.1 Å². The monoisotopic (exact) mass is 392 g/mol. The van der Waals surface area contributed by atoms with Gasteiger partial charge in [-0.1, -0.05) is 18.6 Å². The molecule has 0 radical (unpaired) electrons. The summed E-state index contributed by atoms with van der Waals surface area (Å²) in [5.41, 5.74) is 3.17. The zero-order chi connectivity index (χ0) is 18.9. The number of fused-ring (bicyclic) bond motifs is 2. The van der Waals surface area contributed by atoms with Crippen LogP contribution in [0.25, 0.3) is 11.4 Å². The number of amides is 1. The largest absolute Gasteiger partial charge is 0.321 e. The first kappa shape index (κ1) is 17.6. The SMILES string of the molecule is O=C(Nc1cccc(-c2nnc3n2CCCCC3)c1)c1cc2c(s1)CCCC2. The first-order valence-electron chi connectivity index (χ1n) is 10.2. The van der Waals surface area contributed by atoms with Crippen LogP contribution in [0.5, 0.6) is 0 Å². The van der Waals surface area contributed by atoms with Crippen LogP contribution in [0.1, 0.15) is 58.0 Å². The number of nitrogens with zero attached hydrogens (tertiary/aromatic N) is 3. The van der Waals surface area contributed by atoms with Crippen molar-refractivity contribution in [2.75, 3.05) is 5.32 Å². The minimum Gasteiger partial charge on any atom is -0.321 e. The summed E-state index contributed by atoms with van der Waals surface area (Å²) in [6, 6.07) is 10.0. The summed E-state index contributed by atoms with van der Waals surface area (Å²) in [7, 11) is 0. The van der Waals surface area contributed by atoms with E-state index < -0.39 is 0 Å². The van der Waals surface area contributed by atoms with E-state index >= 15 is 0 Å². The van der Waals surface area contributed by atoms with Crippen LogP contribution in [0.2, 0.25) is 0 Å². The van der Waals surface area contributed by atoms with Crippen LogP contribution in [0.4, 0.5) is 5.69 Å². The molecule has 5 rings (SSSR count). The van der Waals surface area contributed by atoms with Gasteiger partial charge < -0.3 is 9.88 Å². The molecule has 1 aliphatic carbocycles. The summed E-state index contributed by atoms with van der Waals surface area (Å²) in [5, 5.41) is 11.9. The predicted octanol–water partition coefficient (Wildman–Crippen LogP) is 4.86. The molecule has 0 bridgehead atoms. The van der Waals surface area contributed by atoms with Crippen molar-refractivity contribution in [3.63, 3.8) is 0 Å². The van der Waals surface area contributed by atoms with Gasteiger partial charge in [-0.2, -0.15) is 0 Å². The number of hydrogen-bond donors (Lipinski definition) is 1. The van der Waals surface area contributed by atoms with Gasteiger partial charge in [-0.3, -0.25) is 4.79 Å². The molecule has 0 atom stereocenters. The Bertz CT molecular complexity index is 996. The van der Waals surface area contributed by atoms with E-state index in [2.05, 4.69) is 26.1 Å². The van der Waals surface area contributed by atoms with Gasteiger partial charge in [0.25, 0.3) is 5.91 Å². The van der Waals surface area contributed by atoms with Crippen molar-refractivity contribution in [2.45, 2.75) is 57.9 Å². The van der Waals surface area contributed by atoms with E-state index in [-0.39, 0.29) is 5.91 Å². The molecule has 6 heteroatoms. The van der Waals surface area contributed by atoms with E-state index in [9.17, 15) is 4.79 Å². The number of carbonyl (C=O) groups excluding carboxylic acids is 1. The average molecular weight is 393 g/mol. The highest BCUT2D eigenvalue weighted by molar-refractivity contribution is 7.14. The highest BCUT2D eigenvalue weighted by Gasteiger charge is 2.19. The molecule has 0 spiro atoms. The number of thiophene rings is 1. The molecule has 1 aromatic carbocycles. The Morgan fingerprint density at radius 2 is 1.89 bits per heavy atom. The molecule has 3 heterocycles. The molecular formula is C22H24N4OS. The Kier molecular flexibility index (Phi) is 4.72. The Hall–Kier alpha value is -2.47. The van der Waals surface area contributed by atoms with Crippen molar-refractivity contribution in [3.8, 4) is 11.4 Å². The summed E-state index contributed by atoms with van der Waals surface area (Å²) in [5.74, 6) is 1.96. The van der Waals surface area contributed by atoms with Crippen LogP contribution in [-0.2, 0) is 25.8 Å². The lowest BCUT2D eigenvalue weighted by Gasteiger charge is -2.09. The van der Waals surface area contributed by atoms with Gasteiger partial charge in [0.1, 0.15) is 5.82 Å². The molecule has 2 aromatic heterocycles. The smallest absolute Gasteiger partial charge is 0.265 e. The Morgan fingerprint density at radius 3 is 2.82 bits per heavy atom.